The van der Waals surface area contributed by atoms with Gasteiger partial charge < -0.3 is 4.74 Å². The summed E-state index contributed by atoms with van der Waals surface area (Å²) in [6.07, 6.45) is 4.31. The Kier molecular flexibility index (Phi) is 4.11. The first-order valence-corrected chi connectivity index (χ1v) is 7.79. The van der Waals surface area contributed by atoms with Crippen LogP contribution in [0.1, 0.15) is 57.2 Å². The van der Waals surface area contributed by atoms with Crippen LogP contribution in [-0.4, -0.2) is 23.5 Å². The van der Waals surface area contributed by atoms with Crippen molar-refractivity contribution in [2.24, 2.45) is 0 Å². The molecule has 1 aromatic heterocycles. The summed E-state index contributed by atoms with van der Waals surface area (Å²) >= 11 is 1.59. The second-order valence-electron chi connectivity index (χ2n) is 6.38. The summed E-state index contributed by atoms with van der Waals surface area (Å²) < 4.78 is 5.53. The van der Waals surface area contributed by atoms with Gasteiger partial charge in [0.05, 0.1) is 12.1 Å². The average Bonchev–Trinajstić information content (AvgIpc) is 2.96. The Labute approximate surface area is 119 Å². The van der Waals surface area contributed by atoms with Crippen LogP contribution >= 0.6 is 11.3 Å². The molecule has 0 N–H and O–H groups in total. The summed E-state index contributed by atoms with van der Waals surface area (Å²) in [5.41, 5.74) is 0.579. The van der Waals surface area contributed by atoms with Crippen molar-refractivity contribution < 1.29 is 9.53 Å². The normalized spacial score (nSPS) is 18.7. The molecule has 4 heteroatoms. The number of aromatic nitrogens is 1. The van der Waals surface area contributed by atoms with Gasteiger partial charge in [-0.1, -0.05) is 20.8 Å². The van der Waals surface area contributed by atoms with Gasteiger partial charge in [0.15, 0.2) is 5.78 Å². The molecule has 0 radical (unpaired) electrons. The summed E-state index contributed by atoms with van der Waals surface area (Å²) in [7, 11) is 1.66. The Bertz CT molecular complexity index is 453. The molecule has 1 fully saturated rings. The highest BCUT2D eigenvalue weighted by molar-refractivity contribution is 7.09. The molecular weight excluding hydrogens is 258 g/mol. The molecule has 1 saturated carbocycles. The van der Waals surface area contributed by atoms with Crippen molar-refractivity contribution in [3.05, 3.63) is 16.1 Å². The second-order valence-corrected chi connectivity index (χ2v) is 7.32. The van der Waals surface area contributed by atoms with Gasteiger partial charge >= 0.3 is 0 Å². The topological polar surface area (TPSA) is 39.2 Å². The molecule has 1 aromatic rings. The standard InChI is InChI=1S/C15H23NO2S/c1-14(2,3)11-10-19-13(16-11)9-12(17)15(18-4)7-5-6-8-15/h10H,5-9H2,1-4H3. The molecule has 1 heterocycles. The fourth-order valence-corrected chi connectivity index (χ4v) is 3.60. The highest BCUT2D eigenvalue weighted by atomic mass is 32.1. The Morgan fingerprint density at radius 2 is 2.05 bits per heavy atom. The fourth-order valence-electron chi connectivity index (χ4n) is 2.58. The van der Waals surface area contributed by atoms with E-state index in [1.54, 1.807) is 18.4 Å². The lowest BCUT2D eigenvalue weighted by Gasteiger charge is -2.25. The number of nitrogens with zero attached hydrogens (tertiary/aromatic N) is 1. The van der Waals surface area contributed by atoms with Gasteiger partial charge in [-0.05, 0) is 25.7 Å². The third kappa shape index (κ3) is 3.06. The molecule has 0 unspecified atom stereocenters. The molecular formula is C15H23NO2S. The van der Waals surface area contributed by atoms with Crippen molar-refractivity contribution in [3.63, 3.8) is 0 Å². The Hall–Kier alpha value is -0.740. The van der Waals surface area contributed by atoms with Gasteiger partial charge in [-0.25, -0.2) is 4.98 Å². The van der Waals surface area contributed by atoms with Gasteiger partial charge in [0.1, 0.15) is 10.6 Å². The van der Waals surface area contributed by atoms with Gasteiger partial charge in [0.25, 0.3) is 0 Å². The summed E-state index contributed by atoms with van der Waals surface area (Å²) in [4.78, 5) is 17.1. The largest absolute Gasteiger partial charge is 0.370 e. The first-order chi connectivity index (χ1) is 8.87. The van der Waals surface area contributed by atoms with E-state index in [2.05, 4.69) is 31.1 Å². The minimum Gasteiger partial charge on any atom is -0.370 e. The van der Waals surface area contributed by atoms with Crippen LogP contribution in [0.2, 0.25) is 0 Å². The first kappa shape index (κ1) is 14.7. The van der Waals surface area contributed by atoms with Crippen molar-refractivity contribution in [3.8, 4) is 0 Å². The van der Waals surface area contributed by atoms with Crippen molar-refractivity contribution >= 4 is 17.1 Å². The molecule has 0 aliphatic heterocycles. The van der Waals surface area contributed by atoms with Gasteiger partial charge in [0.2, 0.25) is 0 Å². The molecule has 19 heavy (non-hydrogen) atoms. The minimum absolute atomic E-state index is 0.0457. The molecule has 0 saturated heterocycles. The van der Waals surface area contributed by atoms with Crippen molar-refractivity contribution in [2.45, 2.75) is 63.9 Å². The number of rotatable bonds is 4. The zero-order valence-electron chi connectivity index (χ0n) is 12.3. The van der Waals surface area contributed by atoms with Crippen LogP contribution in [0.25, 0.3) is 0 Å². The van der Waals surface area contributed by atoms with Crippen molar-refractivity contribution in [1.29, 1.82) is 0 Å². The smallest absolute Gasteiger partial charge is 0.171 e. The number of ketones is 1. The lowest BCUT2D eigenvalue weighted by molar-refractivity contribution is -0.139. The maximum Gasteiger partial charge on any atom is 0.171 e. The Morgan fingerprint density at radius 3 is 2.53 bits per heavy atom. The summed E-state index contributed by atoms with van der Waals surface area (Å²) in [5, 5.41) is 2.98. The van der Waals surface area contributed by atoms with Crippen LogP contribution in [0, 0.1) is 0 Å². The van der Waals surface area contributed by atoms with E-state index >= 15 is 0 Å². The number of carbonyl (C=O) groups is 1. The maximum atomic E-state index is 12.5. The molecule has 106 valence electrons. The Morgan fingerprint density at radius 1 is 1.42 bits per heavy atom. The monoisotopic (exact) mass is 281 g/mol. The van der Waals surface area contributed by atoms with E-state index in [1.165, 1.54) is 0 Å². The quantitative estimate of drug-likeness (QED) is 0.847. The van der Waals surface area contributed by atoms with Gasteiger partial charge in [-0.15, -0.1) is 11.3 Å². The molecule has 1 aliphatic carbocycles. The van der Waals surface area contributed by atoms with Crippen LogP contribution in [-0.2, 0) is 21.4 Å². The van der Waals surface area contributed by atoms with E-state index in [4.69, 9.17) is 4.74 Å². The number of thiazole rings is 1. The van der Waals surface area contributed by atoms with Crippen LogP contribution in [0.3, 0.4) is 0 Å². The van der Waals surface area contributed by atoms with Crippen LogP contribution in [0.4, 0.5) is 0 Å². The molecule has 2 rings (SSSR count). The predicted octanol–water partition coefficient (Wildman–Crippen LogP) is 3.51. The molecule has 0 atom stereocenters. The highest BCUT2D eigenvalue weighted by Gasteiger charge is 2.41. The number of methoxy groups -OCH3 is 1. The zero-order valence-corrected chi connectivity index (χ0v) is 13.1. The molecule has 0 bridgehead atoms. The average molecular weight is 281 g/mol. The third-order valence-corrected chi connectivity index (χ3v) is 4.79. The number of Topliss-reactive ketones (excluding diaryl/α,β-unsaturated/α-hetero) is 1. The van der Waals surface area contributed by atoms with Crippen molar-refractivity contribution in [1.82, 2.24) is 4.98 Å². The number of carbonyl (C=O) groups excluding carboxylic acids is 1. The number of hydrogen-bond acceptors (Lipinski definition) is 4. The van der Waals surface area contributed by atoms with Crippen molar-refractivity contribution in [2.75, 3.05) is 7.11 Å². The summed E-state index contributed by atoms with van der Waals surface area (Å²) in [5.74, 6) is 0.197. The highest BCUT2D eigenvalue weighted by Crippen LogP contribution is 2.35. The van der Waals surface area contributed by atoms with Crippen LogP contribution in [0.5, 0.6) is 0 Å². The lowest BCUT2D eigenvalue weighted by Crippen LogP contribution is -2.38. The van der Waals surface area contributed by atoms with E-state index in [0.717, 1.165) is 36.4 Å². The second kappa shape index (κ2) is 5.33. The lowest BCUT2D eigenvalue weighted by atomic mass is 9.93. The fraction of sp³-hybridized carbons (Fsp3) is 0.733. The SMILES string of the molecule is COC1(C(=O)Cc2nc(C(C)(C)C)cs2)CCCC1. The zero-order chi connectivity index (χ0) is 14.1. The predicted molar refractivity (Wildman–Crippen MR) is 77.7 cm³/mol. The van der Waals surface area contributed by atoms with E-state index in [0.29, 0.717) is 6.42 Å². The van der Waals surface area contributed by atoms with Crippen LogP contribution < -0.4 is 0 Å². The van der Waals surface area contributed by atoms with Gasteiger partial charge in [-0.2, -0.15) is 0 Å². The molecule has 0 spiro atoms. The maximum absolute atomic E-state index is 12.5. The van der Waals surface area contributed by atoms with E-state index < -0.39 is 5.60 Å². The molecule has 1 aliphatic rings. The van der Waals surface area contributed by atoms with Crippen LogP contribution in [0.15, 0.2) is 5.38 Å². The Balaban J connectivity index is 2.09. The molecule has 3 nitrogen and oxygen atoms in total. The summed E-state index contributed by atoms with van der Waals surface area (Å²) in [6, 6.07) is 0. The van der Waals surface area contributed by atoms with E-state index in [1.807, 2.05) is 0 Å². The van der Waals surface area contributed by atoms with Gasteiger partial charge in [0, 0.05) is 17.9 Å². The minimum atomic E-state index is -0.534. The van der Waals surface area contributed by atoms with E-state index in [-0.39, 0.29) is 11.2 Å². The number of hydrogen-bond donors (Lipinski definition) is 0. The molecule has 0 amide bonds. The summed E-state index contributed by atoms with van der Waals surface area (Å²) in [6.45, 7) is 6.42. The number of ether oxygens (including phenoxy) is 1. The van der Waals surface area contributed by atoms with Gasteiger partial charge in [-0.3, -0.25) is 4.79 Å². The van der Waals surface area contributed by atoms with E-state index in [9.17, 15) is 4.79 Å². The first-order valence-electron chi connectivity index (χ1n) is 6.91. The third-order valence-electron chi connectivity index (χ3n) is 3.94. The molecule has 0 aromatic carbocycles.